The van der Waals surface area contributed by atoms with E-state index in [2.05, 4.69) is 10.2 Å². The number of hydrogen-bond acceptors (Lipinski definition) is 7. The topological polar surface area (TPSA) is 108 Å². The van der Waals surface area contributed by atoms with Crippen LogP contribution in [0, 0.1) is 0 Å². The average Bonchev–Trinajstić information content (AvgIpc) is 2.93. The molecule has 2 atom stereocenters. The lowest BCUT2D eigenvalue weighted by Crippen LogP contribution is -2.63. The van der Waals surface area contributed by atoms with Crippen LogP contribution in [0.1, 0.15) is 24.0 Å². The lowest BCUT2D eigenvalue weighted by atomic mass is 9.91. The van der Waals surface area contributed by atoms with Crippen molar-refractivity contribution in [2.75, 3.05) is 13.7 Å². The molecule has 0 bridgehead atoms. The fraction of sp³-hybridized carbons (Fsp3) is 0.296. The van der Waals surface area contributed by atoms with Crippen LogP contribution in [0.15, 0.2) is 89.8 Å². The third kappa shape index (κ3) is 5.15. The molecule has 0 aliphatic carbocycles. The van der Waals surface area contributed by atoms with Gasteiger partial charge in [0.2, 0.25) is 0 Å². The van der Waals surface area contributed by atoms with Crippen LogP contribution in [-0.2, 0) is 27.7 Å². The molecule has 3 N–H and O–H groups in total. The second-order valence-electron chi connectivity index (χ2n) is 8.88. The maximum Gasteiger partial charge on any atom is 0.265 e. The molecule has 3 aromatic rings. The minimum absolute atomic E-state index is 0.0100. The van der Waals surface area contributed by atoms with Gasteiger partial charge in [-0.1, -0.05) is 72.8 Å². The summed E-state index contributed by atoms with van der Waals surface area (Å²) in [5.41, 5.74) is 3.76. The zero-order valence-electron chi connectivity index (χ0n) is 20.1. The summed E-state index contributed by atoms with van der Waals surface area (Å²) >= 11 is 0. The number of likely N-dealkylation sites (tertiary alicyclic amines) is 1. The van der Waals surface area contributed by atoms with Crippen molar-refractivity contribution in [3.05, 3.63) is 96.1 Å². The Balaban J connectivity index is 1.72. The predicted molar refractivity (Wildman–Crippen MR) is 136 cm³/mol. The number of ether oxygens (including phenoxy) is 1. The van der Waals surface area contributed by atoms with E-state index in [0.29, 0.717) is 19.6 Å². The zero-order chi connectivity index (χ0) is 25.6. The number of methoxy groups -OCH3 is 1. The van der Waals surface area contributed by atoms with Crippen molar-refractivity contribution in [2.24, 2.45) is 0 Å². The lowest BCUT2D eigenvalue weighted by Gasteiger charge is -2.45. The number of nitrogens with zero attached hydrogens (tertiary/aromatic N) is 1. The number of piperidine rings is 1. The number of hydrogen-bond donors (Lipinski definition) is 3. The molecule has 9 heteroatoms. The number of nitrogens with one attached hydrogen (secondary N) is 2. The molecule has 190 valence electrons. The molecule has 0 spiro atoms. The van der Waals surface area contributed by atoms with E-state index >= 15 is 0 Å². The highest BCUT2D eigenvalue weighted by molar-refractivity contribution is 7.93. The molecule has 3 aromatic carbocycles. The second kappa shape index (κ2) is 11.2. The molecule has 1 saturated heterocycles. The Morgan fingerprint density at radius 1 is 1.00 bits per heavy atom. The van der Waals surface area contributed by atoms with Crippen molar-refractivity contribution >= 4 is 15.7 Å². The second-order valence-corrected chi connectivity index (χ2v) is 11.1. The molecule has 1 aliphatic heterocycles. The minimum atomic E-state index is -4.25. The number of sulfone groups is 1. The first-order chi connectivity index (χ1) is 17.4. The van der Waals surface area contributed by atoms with Gasteiger partial charge < -0.3 is 4.74 Å². The molecule has 0 saturated carbocycles. The molecule has 1 amide bonds. The summed E-state index contributed by atoms with van der Waals surface area (Å²) in [6.07, 6.45) is -0.504. The molecule has 1 fully saturated rings. The highest BCUT2D eigenvalue weighted by atomic mass is 32.2. The Hall–Kier alpha value is -3.24. The van der Waals surface area contributed by atoms with Gasteiger partial charge in [0, 0.05) is 26.1 Å². The van der Waals surface area contributed by atoms with Gasteiger partial charge in [-0.2, -0.15) is 0 Å². The maximum absolute atomic E-state index is 14.1. The van der Waals surface area contributed by atoms with Crippen molar-refractivity contribution in [3.63, 3.8) is 0 Å². The van der Waals surface area contributed by atoms with Gasteiger partial charge in [-0.25, -0.2) is 13.9 Å². The van der Waals surface area contributed by atoms with Crippen LogP contribution >= 0.6 is 0 Å². The van der Waals surface area contributed by atoms with Crippen LogP contribution in [0.4, 0.5) is 0 Å². The van der Waals surface area contributed by atoms with Crippen molar-refractivity contribution in [2.45, 2.75) is 41.7 Å². The van der Waals surface area contributed by atoms with E-state index < -0.39 is 26.7 Å². The molecule has 4 rings (SSSR count). The third-order valence-corrected chi connectivity index (χ3v) is 9.27. The zero-order valence-corrected chi connectivity index (χ0v) is 20.9. The highest BCUT2D eigenvalue weighted by Gasteiger charge is 2.56. The van der Waals surface area contributed by atoms with Gasteiger partial charge in [-0.15, -0.1) is 0 Å². The van der Waals surface area contributed by atoms with Crippen LogP contribution < -0.4 is 15.5 Å². The van der Waals surface area contributed by atoms with Crippen molar-refractivity contribution in [1.82, 2.24) is 15.7 Å². The molecule has 2 unspecified atom stereocenters. The maximum atomic E-state index is 14.1. The van der Waals surface area contributed by atoms with E-state index in [1.165, 1.54) is 13.2 Å². The molecule has 8 nitrogen and oxygen atoms in total. The van der Waals surface area contributed by atoms with Gasteiger partial charge in [0.25, 0.3) is 5.91 Å². The van der Waals surface area contributed by atoms with Crippen molar-refractivity contribution < 1.29 is 23.2 Å². The van der Waals surface area contributed by atoms with E-state index in [9.17, 15) is 18.4 Å². The number of benzene rings is 3. The summed E-state index contributed by atoms with van der Waals surface area (Å²) in [6.45, 7) is 1.39. The predicted octanol–water partition coefficient (Wildman–Crippen LogP) is 3.13. The van der Waals surface area contributed by atoms with Gasteiger partial charge in [0.15, 0.2) is 14.6 Å². The summed E-state index contributed by atoms with van der Waals surface area (Å²) in [4.78, 5) is 15.2. The molecule has 0 aromatic heterocycles. The van der Waals surface area contributed by atoms with Gasteiger partial charge in [0.1, 0.15) is 10.6 Å². The standard InChI is InChI=1S/C27H31N3O5S/c1-35-23-14-8-9-15-24(23)36(33,34)27(26(31)29-32)16-17-30(20-22-12-6-3-7-13-22)25(18-27)28-19-21-10-4-2-5-11-21/h2-15,25,28,32H,16-20H2,1H3,(H,29,31). The van der Waals surface area contributed by atoms with Gasteiger partial charge in [-0.3, -0.25) is 20.2 Å². The summed E-state index contributed by atoms with van der Waals surface area (Å²) in [7, 11) is -2.86. The normalized spacial score (nSPS) is 20.6. The number of para-hydroxylation sites is 1. The summed E-state index contributed by atoms with van der Waals surface area (Å²) < 4.78 is 31.6. The highest BCUT2D eigenvalue weighted by Crippen LogP contribution is 2.41. The van der Waals surface area contributed by atoms with E-state index in [0.717, 1.165) is 11.1 Å². The monoisotopic (exact) mass is 509 g/mol. The molecule has 0 radical (unpaired) electrons. The quantitative estimate of drug-likeness (QED) is 0.300. The smallest absolute Gasteiger partial charge is 0.265 e. The number of carbonyl (C=O) groups excluding carboxylic acids is 1. The van der Waals surface area contributed by atoms with Gasteiger partial charge in [0.05, 0.1) is 13.3 Å². The first kappa shape index (κ1) is 25.8. The fourth-order valence-corrected chi connectivity index (χ4v) is 6.91. The van der Waals surface area contributed by atoms with Crippen molar-refractivity contribution in [3.8, 4) is 5.75 Å². The fourth-order valence-electron chi connectivity index (χ4n) is 4.79. The number of amides is 1. The molecule has 36 heavy (non-hydrogen) atoms. The van der Waals surface area contributed by atoms with Crippen LogP contribution in [0.3, 0.4) is 0 Å². The first-order valence-corrected chi connectivity index (χ1v) is 13.3. The largest absolute Gasteiger partial charge is 0.495 e. The van der Waals surface area contributed by atoms with Crippen LogP contribution in [0.25, 0.3) is 0 Å². The Bertz CT molecular complexity index is 1270. The Kier molecular flexibility index (Phi) is 8.05. The number of rotatable bonds is 9. The number of hydroxylamine groups is 1. The SMILES string of the molecule is COc1ccccc1S(=O)(=O)C1(C(=O)NO)CCN(Cc2ccccc2)C(NCc2ccccc2)C1. The van der Waals surface area contributed by atoms with E-state index in [4.69, 9.17) is 4.74 Å². The Morgan fingerprint density at radius 2 is 1.61 bits per heavy atom. The van der Waals surface area contributed by atoms with E-state index in [1.807, 2.05) is 60.7 Å². The summed E-state index contributed by atoms with van der Waals surface area (Å²) in [5, 5.41) is 13.1. The minimum Gasteiger partial charge on any atom is -0.495 e. The van der Waals surface area contributed by atoms with Gasteiger partial charge in [-0.05, 0) is 29.7 Å². The average molecular weight is 510 g/mol. The van der Waals surface area contributed by atoms with Crippen molar-refractivity contribution in [1.29, 1.82) is 0 Å². The van der Waals surface area contributed by atoms with Crippen LogP contribution in [0.2, 0.25) is 0 Å². The molecule has 1 heterocycles. The molecular formula is C27H31N3O5S. The van der Waals surface area contributed by atoms with Crippen LogP contribution in [0.5, 0.6) is 5.75 Å². The van der Waals surface area contributed by atoms with E-state index in [1.54, 1.807) is 23.7 Å². The van der Waals surface area contributed by atoms with Crippen LogP contribution in [-0.4, -0.2) is 49.0 Å². The first-order valence-electron chi connectivity index (χ1n) is 11.8. The third-order valence-electron chi connectivity index (χ3n) is 6.77. The number of carbonyl (C=O) groups is 1. The van der Waals surface area contributed by atoms with E-state index in [-0.39, 0.29) is 23.5 Å². The Labute approximate surface area is 211 Å². The molecular weight excluding hydrogens is 478 g/mol. The summed E-state index contributed by atoms with van der Waals surface area (Å²) in [6, 6.07) is 25.9. The molecule has 1 aliphatic rings. The Morgan fingerprint density at radius 3 is 2.25 bits per heavy atom. The lowest BCUT2D eigenvalue weighted by molar-refractivity contribution is -0.134. The summed E-state index contributed by atoms with van der Waals surface area (Å²) in [5.74, 6) is -0.789. The van der Waals surface area contributed by atoms with Gasteiger partial charge >= 0.3 is 0 Å².